The average Bonchev–Trinajstić information content (AvgIpc) is 2.67. The van der Waals surface area contributed by atoms with Gasteiger partial charge >= 0.3 is 6.18 Å². The first-order chi connectivity index (χ1) is 13.4. The molecule has 0 saturated carbocycles. The van der Waals surface area contributed by atoms with E-state index < -0.39 is 21.6 Å². The van der Waals surface area contributed by atoms with Gasteiger partial charge in [0, 0.05) is 0 Å². The summed E-state index contributed by atoms with van der Waals surface area (Å²) in [4.78, 5) is 0.0409. The fourth-order valence-corrected chi connectivity index (χ4v) is 4.59. The molecule has 0 aliphatic rings. The Morgan fingerprint density at radius 2 is 1.41 bits per heavy atom. The Morgan fingerprint density at radius 1 is 0.862 bits per heavy atom. The summed E-state index contributed by atoms with van der Waals surface area (Å²) >= 11 is 6.21. The molecule has 0 radical (unpaired) electrons. The van der Waals surface area contributed by atoms with Gasteiger partial charge in [0.2, 0.25) is 9.84 Å². The third kappa shape index (κ3) is 4.03. The lowest BCUT2D eigenvalue weighted by Gasteiger charge is -2.26. The van der Waals surface area contributed by atoms with Crippen LogP contribution in [0.25, 0.3) is 11.1 Å². The van der Waals surface area contributed by atoms with Gasteiger partial charge in [0.05, 0.1) is 14.8 Å². The van der Waals surface area contributed by atoms with Gasteiger partial charge in [-0.05, 0) is 47.9 Å². The zero-order chi connectivity index (χ0) is 21.4. The molecule has 8 heteroatoms. The van der Waals surface area contributed by atoms with Crippen LogP contribution in [0.3, 0.4) is 0 Å². The molecule has 0 aliphatic carbocycles. The molecule has 0 aliphatic heterocycles. The number of rotatable bonds is 4. The van der Waals surface area contributed by atoms with E-state index in [-0.39, 0.29) is 20.4 Å². The molecule has 0 fully saturated rings. The van der Waals surface area contributed by atoms with Crippen molar-refractivity contribution >= 4 is 21.4 Å². The summed E-state index contributed by atoms with van der Waals surface area (Å²) in [5, 5.41) is 9.75. The number of halogens is 4. The quantitative estimate of drug-likeness (QED) is 0.573. The van der Waals surface area contributed by atoms with E-state index in [1.165, 1.54) is 54.6 Å². The molecule has 0 bridgehead atoms. The molecule has 3 rings (SSSR count). The number of aliphatic hydroxyl groups is 1. The Balaban J connectivity index is 1.95. The van der Waals surface area contributed by atoms with Crippen molar-refractivity contribution in [2.45, 2.75) is 28.5 Å². The van der Waals surface area contributed by atoms with Crippen LogP contribution in [0.2, 0.25) is 5.02 Å². The Kier molecular flexibility index (Phi) is 5.51. The zero-order valence-corrected chi connectivity index (χ0v) is 16.7. The molecule has 29 heavy (non-hydrogen) atoms. The highest BCUT2D eigenvalue weighted by atomic mass is 35.5. The number of sulfone groups is 1. The summed E-state index contributed by atoms with van der Waals surface area (Å²) in [6, 6.07) is 17.3. The van der Waals surface area contributed by atoms with Crippen LogP contribution >= 0.6 is 11.6 Å². The molecule has 0 spiro atoms. The second-order valence-electron chi connectivity index (χ2n) is 6.61. The second-order valence-corrected chi connectivity index (χ2v) is 8.93. The fraction of sp³-hybridized carbons (Fsp3) is 0.143. The van der Waals surface area contributed by atoms with Crippen molar-refractivity contribution in [1.29, 1.82) is 0 Å². The lowest BCUT2D eigenvalue weighted by Crippen LogP contribution is -2.39. The monoisotopic (exact) mass is 440 g/mol. The molecule has 152 valence electrons. The number of alkyl halides is 3. The molecule has 0 unspecified atom stereocenters. The van der Waals surface area contributed by atoms with Gasteiger partial charge in [-0.2, -0.15) is 13.2 Å². The Labute approximate surface area is 171 Å². The van der Waals surface area contributed by atoms with Crippen molar-refractivity contribution in [2.24, 2.45) is 0 Å². The van der Waals surface area contributed by atoms with Crippen molar-refractivity contribution in [3.05, 3.63) is 83.4 Å². The molecule has 0 aromatic heterocycles. The molecule has 0 saturated heterocycles. The zero-order valence-electron chi connectivity index (χ0n) is 15.1. The average molecular weight is 441 g/mol. The van der Waals surface area contributed by atoms with Gasteiger partial charge in [-0.3, -0.25) is 0 Å². The van der Waals surface area contributed by atoms with E-state index in [1.807, 2.05) is 0 Å². The Bertz CT molecular complexity index is 1120. The van der Waals surface area contributed by atoms with Crippen LogP contribution in [0, 0.1) is 0 Å². The van der Waals surface area contributed by atoms with Crippen molar-refractivity contribution in [1.82, 2.24) is 0 Å². The van der Waals surface area contributed by atoms with Crippen LogP contribution < -0.4 is 0 Å². The summed E-state index contributed by atoms with van der Waals surface area (Å²) in [6.45, 7) is 0.683. The number of hydrogen-bond donors (Lipinski definition) is 1. The molecule has 3 nitrogen and oxygen atoms in total. The van der Waals surface area contributed by atoms with Crippen molar-refractivity contribution in [2.75, 3.05) is 0 Å². The van der Waals surface area contributed by atoms with Crippen LogP contribution in [-0.2, 0) is 15.4 Å². The van der Waals surface area contributed by atoms with Crippen molar-refractivity contribution in [3.63, 3.8) is 0 Å². The summed E-state index contributed by atoms with van der Waals surface area (Å²) in [5.74, 6) is 0. The molecular formula is C21H16ClF3O3S. The Morgan fingerprint density at radius 3 is 1.93 bits per heavy atom. The first kappa shape index (κ1) is 21.4. The number of benzene rings is 3. The second kappa shape index (κ2) is 7.48. The largest absolute Gasteiger partial charge is 0.421 e. The van der Waals surface area contributed by atoms with Crippen LogP contribution in [0.15, 0.2) is 82.6 Å². The summed E-state index contributed by atoms with van der Waals surface area (Å²) in [5.41, 5.74) is -2.22. The first-order valence-electron chi connectivity index (χ1n) is 8.44. The summed E-state index contributed by atoms with van der Waals surface area (Å²) < 4.78 is 64.4. The Hall–Kier alpha value is -2.35. The maximum atomic E-state index is 13.0. The van der Waals surface area contributed by atoms with E-state index in [0.717, 1.165) is 0 Å². The fourth-order valence-electron chi connectivity index (χ4n) is 2.78. The minimum Gasteiger partial charge on any atom is -0.376 e. The molecule has 1 atom stereocenters. The van der Waals surface area contributed by atoms with E-state index in [0.29, 0.717) is 18.1 Å². The standard InChI is InChI=1S/C21H16ClF3O3S/c1-20(26,21(23,24)25)16-10-7-14(8-11-16)15-9-12-19(18(22)13-15)29(27,28)17-5-3-2-4-6-17/h2-13,26H,1H3/t20-/m0/s1. The molecule has 0 amide bonds. The highest BCUT2D eigenvalue weighted by Crippen LogP contribution is 2.39. The van der Waals surface area contributed by atoms with Crippen molar-refractivity contribution in [3.8, 4) is 11.1 Å². The maximum absolute atomic E-state index is 13.0. The van der Waals surface area contributed by atoms with Gasteiger partial charge in [-0.25, -0.2) is 8.42 Å². The van der Waals surface area contributed by atoms with Crippen LogP contribution in [-0.4, -0.2) is 19.7 Å². The van der Waals surface area contributed by atoms with E-state index in [2.05, 4.69) is 0 Å². The molecular weight excluding hydrogens is 425 g/mol. The topological polar surface area (TPSA) is 54.4 Å². The number of hydrogen-bond acceptors (Lipinski definition) is 3. The van der Waals surface area contributed by atoms with Gasteiger partial charge in [0.15, 0.2) is 5.60 Å². The van der Waals surface area contributed by atoms with Gasteiger partial charge < -0.3 is 5.11 Å². The third-order valence-electron chi connectivity index (χ3n) is 4.61. The van der Waals surface area contributed by atoms with E-state index in [9.17, 15) is 26.7 Å². The van der Waals surface area contributed by atoms with Crippen LogP contribution in [0.1, 0.15) is 12.5 Å². The van der Waals surface area contributed by atoms with Crippen molar-refractivity contribution < 1.29 is 26.7 Å². The molecule has 0 heterocycles. The van der Waals surface area contributed by atoms with E-state index in [4.69, 9.17) is 11.6 Å². The molecule has 1 N–H and O–H groups in total. The maximum Gasteiger partial charge on any atom is 0.421 e. The minimum absolute atomic E-state index is 0.00211. The molecule has 3 aromatic rings. The summed E-state index contributed by atoms with van der Waals surface area (Å²) in [7, 11) is -3.80. The first-order valence-corrected chi connectivity index (χ1v) is 10.3. The molecule has 3 aromatic carbocycles. The van der Waals surface area contributed by atoms with Crippen LogP contribution in [0.5, 0.6) is 0 Å². The summed E-state index contributed by atoms with van der Waals surface area (Å²) in [6.07, 6.45) is -4.81. The van der Waals surface area contributed by atoms with Gasteiger partial charge in [-0.1, -0.05) is 60.1 Å². The van der Waals surface area contributed by atoms with E-state index >= 15 is 0 Å². The normalized spacial score (nSPS) is 14.4. The predicted molar refractivity (Wildman–Crippen MR) is 104 cm³/mol. The van der Waals surface area contributed by atoms with E-state index in [1.54, 1.807) is 18.2 Å². The third-order valence-corrected chi connectivity index (χ3v) is 6.86. The smallest absolute Gasteiger partial charge is 0.376 e. The predicted octanol–water partition coefficient (Wildman–Crippen LogP) is 5.61. The van der Waals surface area contributed by atoms with Gasteiger partial charge in [-0.15, -0.1) is 0 Å². The van der Waals surface area contributed by atoms with Gasteiger partial charge in [0.1, 0.15) is 0 Å². The van der Waals surface area contributed by atoms with Crippen LogP contribution in [0.4, 0.5) is 13.2 Å². The highest BCUT2D eigenvalue weighted by molar-refractivity contribution is 7.91. The lowest BCUT2D eigenvalue weighted by atomic mass is 9.93. The minimum atomic E-state index is -4.81. The highest BCUT2D eigenvalue weighted by Gasteiger charge is 2.51. The van der Waals surface area contributed by atoms with Gasteiger partial charge in [0.25, 0.3) is 0 Å². The lowest BCUT2D eigenvalue weighted by molar-refractivity contribution is -0.258. The SMILES string of the molecule is C[C@](O)(c1ccc(-c2ccc(S(=O)(=O)c3ccccc3)c(Cl)c2)cc1)C(F)(F)F.